The van der Waals surface area contributed by atoms with Gasteiger partial charge in [0.25, 0.3) is 0 Å². The van der Waals surface area contributed by atoms with E-state index in [0.717, 1.165) is 19.5 Å². The summed E-state index contributed by atoms with van der Waals surface area (Å²) in [5.41, 5.74) is 5.98. The smallest absolute Gasteiger partial charge is 0.0672 e. The number of para-hydroxylation sites is 1. The van der Waals surface area contributed by atoms with Crippen LogP contribution in [0.2, 0.25) is 0 Å². The number of benzene rings is 2. The van der Waals surface area contributed by atoms with Gasteiger partial charge in [0.15, 0.2) is 0 Å². The van der Waals surface area contributed by atoms with E-state index >= 15 is 0 Å². The second-order valence-electron chi connectivity index (χ2n) is 7.57. The van der Waals surface area contributed by atoms with Gasteiger partial charge in [-0.05, 0) is 42.1 Å². The third-order valence-electron chi connectivity index (χ3n) is 5.89. The molecule has 0 spiro atoms. The van der Waals surface area contributed by atoms with Crippen LogP contribution in [0.3, 0.4) is 0 Å². The minimum Gasteiger partial charge on any atom is -0.362 e. The van der Waals surface area contributed by atoms with Crippen molar-refractivity contribution >= 4 is 5.69 Å². The van der Waals surface area contributed by atoms with Crippen LogP contribution in [0.1, 0.15) is 55.3 Å². The number of unbranched alkanes of at least 4 members (excludes halogenated alkanes) is 3. The van der Waals surface area contributed by atoms with Gasteiger partial charge in [-0.2, -0.15) is 0 Å². The summed E-state index contributed by atoms with van der Waals surface area (Å²) in [4.78, 5) is 5.37. The van der Waals surface area contributed by atoms with E-state index in [4.69, 9.17) is 0 Å². The molecule has 0 N–H and O–H groups in total. The molecule has 2 aromatic carbocycles. The van der Waals surface area contributed by atoms with E-state index in [2.05, 4.69) is 65.3 Å². The first-order valence-electron chi connectivity index (χ1n) is 10.0. The van der Waals surface area contributed by atoms with Crippen molar-refractivity contribution in [3.05, 3.63) is 65.2 Å². The Labute approximate surface area is 152 Å². The molecule has 0 amide bonds. The lowest BCUT2D eigenvalue weighted by atomic mass is 9.96. The molecule has 1 fully saturated rings. The van der Waals surface area contributed by atoms with Crippen molar-refractivity contribution in [1.82, 2.24) is 4.90 Å². The highest BCUT2D eigenvalue weighted by Crippen LogP contribution is 2.39. The van der Waals surface area contributed by atoms with Crippen LogP contribution in [0.25, 0.3) is 0 Å². The molecule has 2 aliphatic rings. The van der Waals surface area contributed by atoms with E-state index < -0.39 is 0 Å². The second-order valence-corrected chi connectivity index (χ2v) is 7.57. The maximum Gasteiger partial charge on any atom is 0.0672 e. The molecule has 2 heterocycles. The van der Waals surface area contributed by atoms with Gasteiger partial charge in [0, 0.05) is 25.3 Å². The van der Waals surface area contributed by atoms with E-state index in [9.17, 15) is 0 Å². The molecule has 25 heavy (non-hydrogen) atoms. The average molecular weight is 335 g/mol. The lowest BCUT2D eigenvalue weighted by molar-refractivity contribution is 0.219. The quantitative estimate of drug-likeness (QED) is 0.707. The van der Waals surface area contributed by atoms with Gasteiger partial charge in [-0.3, -0.25) is 4.90 Å². The molecule has 132 valence electrons. The number of hydrogen-bond donors (Lipinski definition) is 0. The molecule has 4 rings (SSSR count). The molecule has 0 radical (unpaired) electrons. The summed E-state index contributed by atoms with van der Waals surface area (Å²) < 4.78 is 0. The summed E-state index contributed by atoms with van der Waals surface area (Å²) in [6, 6.07) is 18.6. The second kappa shape index (κ2) is 7.61. The molecule has 0 aromatic heterocycles. The van der Waals surface area contributed by atoms with E-state index in [1.165, 1.54) is 61.2 Å². The molecule has 0 aliphatic carbocycles. The van der Waals surface area contributed by atoms with Crippen molar-refractivity contribution in [3.8, 4) is 0 Å². The molecule has 2 aromatic rings. The van der Waals surface area contributed by atoms with Crippen molar-refractivity contribution in [1.29, 1.82) is 0 Å². The summed E-state index contributed by atoms with van der Waals surface area (Å²) in [5, 5.41) is 0. The third-order valence-corrected chi connectivity index (χ3v) is 5.89. The van der Waals surface area contributed by atoms with Crippen LogP contribution < -0.4 is 4.90 Å². The molecule has 1 saturated heterocycles. The van der Waals surface area contributed by atoms with Crippen LogP contribution in [-0.2, 0) is 6.42 Å². The van der Waals surface area contributed by atoms with Crippen LogP contribution in [0, 0.1) is 0 Å². The molecule has 1 atom stereocenters. The van der Waals surface area contributed by atoms with Gasteiger partial charge in [0.05, 0.1) is 6.04 Å². The zero-order valence-electron chi connectivity index (χ0n) is 15.5. The predicted octanol–water partition coefficient (Wildman–Crippen LogP) is 5.03. The summed E-state index contributed by atoms with van der Waals surface area (Å²) in [7, 11) is 0. The summed E-state index contributed by atoms with van der Waals surface area (Å²) >= 11 is 0. The Morgan fingerprint density at radius 3 is 2.56 bits per heavy atom. The first kappa shape index (κ1) is 16.7. The normalized spacial score (nSPS) is 19.7. The number of anilines is 1. The fourth-order valence-corrected chi connectivity index (χ4v) is 4.53. The van der Waals surface area contributed by atoms with E-state index in [1.807, 2.05) is 0 Å². The molecule has 0 saturated carbocycles. The van der Waals surface area contributed by atoms with Gasteiger partial charge in [0.2, 0.25) is 0 Å². The topological polar surface area (TPSA) is 6.48 Å². The maximum atomic E-state index is 2.70. The van der Waals surface area contributed by atoms with E-state index in [-0.39, 0.29) is 0 Å². The first-order chi connectivity index (χ1) is 12.4. The Kier molecular flexibility index (Phi) is 5.07. The highest BCUT2D eigenvalue weighted by Gasteiger charge is 2.32. The first-order valence-corrected chi connectivity index (χ1v) is 10.0. The predicted molar refractivity (Wildman–Crippen MR) is 106 cm³/mol. The molecular formula is C23H30N2. The third kappa shape index (κ3) is 3.46. The van der Waals surface area contributed by atoms with Crippen LogP contribution >= 0.6 is 0 Å². The van der Waals surface area contributed by atoms with Crippen molar-refractivity contribution in [2.24, 2.45) is 0 Å². The van der Waals surface area contributed by atoms with Crippen LogP contribution in [-0.4, -0.2) is 31.1 Å². The summed E-state index contributed by atoms with van der Waals surface area (Å²) in [5.74, 6) is 0. The summed E-state index contributed by atoms with van der Waals surface area (Å²) in [6.07, 6.45) is 6.48. The van der Waals surface area contributed by atoms with Crippen LogP contribution in [0.5, 0.6) is 0 Å². The Hall–Kier alpha value is -1.80. The lowest BCUT2D eigenvalue weighted by Gasteiger charge is -2.43. The Balaban J connectivity index is 1.59. The van der Waals surface area contributed by atoms with Crippen LogP contribution in [0.15, 0.2) is 48.5 Å². The molecule has 2 nitrogen and oxygen atoms in total. The van der Waals surface area contributed by atoms with E-state index in [0.29, 0.717) is 6.04 Å². The number of rotatable bonds is 5. The minimum atomic E-state index is 0.500. The van der Waals surface area contributed by atoms with E-state index in [1.54, 1.807) is 0 Å². The van der Waals surface area contributed by atoms with Gasteiger partial charge in [0.1, 0.15) is 0 Å². The molecule has 0 bridgehead atoms. The van der Waals surface area contributed by atoms with Crippen molar-refractivity contribution in [3.63, 3.8) is 0 Å². The van der Waals surface area contributed by atoms with Gasteiger partial charge in [-0.25, -0.2) is 0 Å². The number of piperazine rings is 1. The fourth-order valence-electron chi connectivity index (χ4n) is 4.53. The Morgan fingerprint density at radius 1 is 0.880 bits per heavy atom. The highest BCUT2D eigenvalue weighted by atomic mass is 15.3. The Morgan fingerprint density at radius 2 is 1.68 bits per heavy atom. The maximum absolute atomic E-state index is 2.70. The Bertz CT molecular complexity index is 709. The fraction of sp³-hybridized carbons (Fsp3) is 0.478. The van der Waals surface area contributed by atoms with Gasteiger partial charge >= 0.3 is 0 Å². The number of fused-ring (bicyclic) bond motifs is 5. The van der Waals surface area contributed by atoms with Gasteiger partial charge in [-0.1, -0.05) is 68.7 Å². The van der Waals surface area contributed by atoms with Crippen molar-refractivity contribution in [2.75, 3.05) is 31.1 Å². The zero-order valence-corrected chi connectivity index (χ0v) is 15.5. The number of hydrogen-bond acceptors (Lipinski definition) is 2. The largest absolute Gasteiger partial charge is 0.362 e. The molecular weight excluding hydrogens is 304 g/mol. The monoisotopic (exact) mass is 334 g/mol. The van der Waals surface area contributed by atoms with Crippen LogP contribution in [0.4, 0.5) is 5.69 Å². The molecule has 2 heteroatoms. The average Bonchev–Trinajstić information content (AvgIpc) is 2.79. The highest BCUT2D eigenvalue weighted by molar-refractivity contribution is 5.60. The lowest BCUT2D eigenvalue weighted by Crippen LogP contribution is -2.48. The standard InChI is InChI=1S/C23H30N2/c1-2-3-4-9-14-24-15-16-25-22-13-8-6-11-20(22)17-19-10-5-7-12-21(19)23(25)18-24/h5-8,10-13,23H,2-4,9,14-18H2,1H3/t23-/m0/s1. The van der Waals surface area contributed by atoms with Crippen molar-refractivity contribution in [2.45, 2.75) is 45.1 Å². The summed E-state index contributed by atoms with van der Waals surface area (Å²) in [6.45, 7) is 7.05. The minimum absolute atomic E-state index is 0.500. The van der Waals surface area contributed by atoms with Crippen molar-refractivity contribution < 1.29 is 0 Å². The number of nitrogens with zero attached hydrogens (tertiary/aromatic N) is 2. The molecule has 0 unspecified atom stereocenters. The zero-order chi connectivity index (χ0) is 17.1. The van der Waals surface area contributed by atoms with Gasteiger partial charge in [-0.15, -0.1) is 0 Å². The SMILES string of the molecule is CCCCCCN1CCN2c3ccccc3Cc3ccccc3[C@@H]2C1. The molecule has 2 aliphatic heterocycles. The van der Waals surface area contributed by atoms with Gasteiger partial charge < -0.3 is 4.90 Å².